The highest BCUT2D eigenvalue weighted by atomic mass is 32.2. The average molecular weight is 298 g/mol. The van der Waals surface area contributed by atoms with Crippen molar-refractivity contribution < 1.29 is 18.0 Å². The Morgan fingerprint density at radius 2 is 1.85 bits per heavy atom. The van der Waals surface area contributed by atoms with Crippen LogP contribution in [-0.2, 0) is 19.7 Å². The second-order valence-electron chi connectivity index (χ2n) is 4.66. The molecule has 1 aromatic rings. The summed E-state index contributed by atoms with van der Waals surface area (Å²) in [6.45, 7) is 0.693. The van der Waals surface area contributed by atoms with Crippen molar-refractivity contribution in [3.63, 3.8) is 0 Å². The van der Waals surface area contributed by atoms with Gasteiger partial charge < -0.3 is 0 Å². The van der Waals surface area contributed by atoms with Gasteiger partial charge in [-0.05, 0) is 25.0 Å². The van der Waals surface area contributed by atoms with Crippen LogP contribution in [0.5, 0.6) is 0 Å². The molecule has 0 bridgehead atoms. The predicted molar refractivity (Wildman–Crippen MR) is 73.1 cm³/mol. The number of carbonyl (C=O) groups excluding carboxylic acids is 1. The van der Waals surface area contributed by atoms with Crippen molar-refractivity contribution >= 4 is 15.9 Å². The molecule has 0 atom stereocenters. The summed E-state index contributed by atoms with van der Waals surface area (Å²) < 4.78 is 26.2. The van der Waals surface area contributed by atoms with Gasteiger partial charge in [0, 0.05) is 19.0 Å². The molecule has 1 N–H and O–H groups in total. The van der Waals surface area contributed by atoms with Gasteiger partial charge in [-0.2, -0.15) is 4.31 Å². The van der Waals surface area contributed by atoms with E-state index < -0.39 is 10.0 Å². The standard InChI is InChI=1S/C13H18N2O4S/c1-19-14-13(16)11-7-9-15(10-8-11)20(17,18)12-5-3-2-4-6-12/h2-6,11H,7-10H2,1H3,(H,14,16). The van der Waals surface area contributed by atoms with E-state index >= 15 is 0 Å². The van der Waals surface area contributed by atoms with Gasteiger partial charge in [-0.1, -0.05) is 18.2 Å². The number of nitrogens with one attached hydrogen (secondary N) is 1. The molecule has 2 rings (SSSR count). The zero-order valence-electron chi connectivity index (χ0n) is 11.3. The molecule has 0 radical (unpaired) electrons. The lowest BCUT2D eigenvalue weighted by Crippen LogP contribution is -2.42. The maximum Gasteiger partial charge on any atom is 0.246 e. The lowest BCUT2D eigenvalue weighted by atomic mass is 9.98. The first kappa shape index (κ1) is 15.0. The molecule has 0 aliphatic carbocycles. The molecule has 110 valence electrons. The highest BCUT2D eigenvalue weighted by Gasteiger charge is 2.31. The van der Waals surface area contributed by atoms with E-state index in [-0.39, 0.29) is 11.8 Å². The molecule has 20 heavy (non-hydrogen) atoms. The summed E-state index contributed by atoms with van der Waals surface area (Å²) in [6, 6.07) is 8.34. The van der Waals surface area contributed by atoms with Crippen LogP contribution in [0.1, 0.15) is 12.8 Å². The molecular weight excluding hydrogens is 280 g/mol. The zero-order valence-corrected chi connectivity index (χ0v) is 12.1. The third-order valence-corrected chi connectivity index (χ3v) is 5.32. The second kappa shape index (κ2) is 6.34. The molecular formula is C13H18N2O4S. The van der Waals surface area contributed by atoms with E-state index in [4.69, 9.17) is 0 Å². The predicted octanol–water partition coefficient (Wildman–Crippen LogP) is 0.765. The quantitative estimate of drug-likeness (QED) is 0.833. The molecule has 1 aromatic carbocycles. The molecule has 1 saturated heterocycles. The van der Waals surface area contributed by atoms with Gasteiger partial charge in [-0.3, -0.25) is 9.63 Å². The van der Waals surface area contributed by atoms with Gasteiger partial charge in [0.15, 0.2) is 0 Å². The smallest absolute Gasteiger partial charge is 0.246 e. The summed E-state index contributed by atoms with van der Waals surface area (Å²) >= 11 is 0. The summed E-state index contributed by atoms with van der Waals surface area (Å²) in [7, 11) is -2.07. The van der Waals surface area contributed by atoms with Crippen LogP contribution in [0.4, 0.5) is 0 Å². The SMILES string of the molecule is CONC(=O)C1CCN(S(=O)(=O)c2ccccc2)CC1. The molecule has 1 heterocycles. The molecule has 1 fully saturated rings. The fraction of sp³-hybridized carbons (Fsp3) is 0.462. The van der Waals surface area contributed by atoms with Gasteiger partial charge in [0.1, 0.15) is 0 Å². The molecule has 0 aromatic heterocycles. The monoisotopic (exact) mass is 298 g/mol. The van der Waals surface area contributed by atoms with E-state index in [1.165, 1.54) is 11.4 Å². The molecule has 0 unspecified atom stereocenters. The van der Waals surface area contributed by atoms with Gasteiger partial charge in [0.25, 0.3) is 0 Å². The molecule has 0 saturated carbocycles. The van der Waals surface area contributed by atoms with Crippen LogP contribution in [-0.4, -0.2) is 38.8 Å². The summed E-state index contributed by atoms with van der Waals surface area (Å²) in [5, 5.41) is 0. The van der Waals surface area contributed by atoms with E-state index in [1.54, 1.807) is 30.3 Å². The van der Waals surface area contributed by atoms with E-state index in [0.717, 1.165) is 0 Å². The maximum atomic E-state index is 12.4. The summed E-state index contributed by atoms with van der Waals surface area (Å²) in [5.74, 6) is -0.388. The number of hydrogen-bond acceptors (Lipinski definition) is 4. The summed E-state index contributed by atoms with van der Waals surface area (Å²) in [5.41, 5.74) is 2.29. The molecule has 1 amide bonds. The van der Waals surface area contributed by atoms with Gasteiger partial charge in [0.2, 0.25) is 15.9 Å². The van der Waals surface area contributed by atoms with Crippen molar-refractivity contribution in [2.75, 3.05) is 20.2 Å². The minimum atomic E-state index is -3.45. The number of amides is 1. The molecule has 1 aliphatic heterocycles. The Kier molecular flexibility index (Phi) is 4.74. The van der Waals surface area contributed by atoms with Crippen molar-refractivity contribution in [3.8, 4) is 0 Å². The first-order valence-corrected chi connectivity index (χ1v) is 7.87. The van der Waals surface area contributed by atoms with E-state index in [2.05, 4.69) is 10.3 Å². The Labute approximate surface area is 118 Å². The normalized spacial score (nSPS) is 17.9. The molecule has 1 aliphatic rings. The van der Waals surface area contributed by atoms with Crippen molar-refractivity contribution in [2.45, 2.75) is 17.7 Å². The minimum Gasteiger partial charge on any atom is -0.277 e. The number of hydroxylamine groups is 1. The van der Waals surface area contributed by atoms with Crippen LogP contribution in [0, 0.1) is 5.92 Å². The highest BCUT2D eigenvalue weighted by molar-refractivity contribution is 7.89. The van der Waals surface area contributed by atoms with E-state index in [0.29, 0.717) is 30.8 Å². The van der Waals surface area contributed by atoms with Crippen molar-refractivity contribution in [1.29, 1.82) is 0 Å². The molecule has 6 nitrogen and oxygen atoms in total. The van der Waals surface area contributed by atoms with Crippen molar-refractivity contribution in [3.05, 3.63) is 30.3 Å². The van der Waals surface area contributed by atoms with Crippen LogP contribution in [0.2, 0.25) is 0 Å². The third-order valence-electron chi connectivity index (χ3n) is 3.41. The van der Waals surface area contributed by atoms with Crippen LogP contribution >= 0.6 is 0 Å². The first-order valence-electron chi connectivity index (χ1n) is 6.43. The number of rotatable bonds is 4. The maximum absolute atomic E-state index is 12.4. The fourth-order valence-corrected chi connectivity index (χ4v) is 3.77. The number of hydrogen-bond donors (Lipinski definition) is 1. The molecule has 7 heteroatoms. The number of sulfonamides is 1. The Bertz CT molecular complexity index is 551. The van der Waals surface area contributed by atoms with Crippen LogP contribution in [0.3, 0.4) is 0 Å². The van der Waals surface area contributed by atoms with Crippen LogP contribution in [0.25, 0.3) is 0 Å². The number of carbonyl (C=O) groups is 1. The van der Waals surface area contributed by atoms with Crippen LogP contribution < -0.4 is 5.48 Å². The Morgan fingerprint density at radius 3 is 2.40 bits per heavy atom. The highest BCUT2D eigenvalue weighted by Crippen LogP contribution is 2.23. The first-order chi connectivity index (χ1) is 9.55. The lowest BCUT2D eigenvalue weighted by molar-refractivity contribution is -0.136. The van der Waals surface area contributed by atoms with Gasteiger partial charge >= 0.3 is 0 Å². The Hall–Kier alpha value is -1.44. The van der Waals surface area contributed by atoms with Gasteiger partial charge in [0.05, 0.1) is 12.0 Å². The van der Waals surface area contributed by atoms with E-state index in [1.807, 2.05) is 0 Å². The topological polar surface area (TPSA) is 75.7 Å². The summed E-state index contributed by atoms with van der Waals surface area (Å²) in [4.78, 5) is 16.5. The second-order valence-corrected chi connectivity index (χ2v) is 6.60. The Balaban J connectivity index is 2.02. The number of nitrogens with zero attached hydrogens (tertiary/aromatic N) is 1. The lowest BCUT2D eigenvalue weighted by Gasteiger charge is -2.30. The van der Waals surface area contributed by atoms with E-state index in [9.17, 15) is 13.2 Å². The van der Waals surface area contributed by atoms with Gasteiger partial charge in [-0.25, -0.2) is 13.9 Å². The number of benzene rings is 1. The minimum absolute atomic E-state index is 0.191. The third kappa shape index (κ3) is 3.17. The summed E-state index contributed by atoms with van der Waals surface area (Å²) in [6.07, 6.45) is 1.00. The van der Waals surface area contributed by atoms with Gasteiger partial charge in [-0.15, -0.1) is 0 Å². The fourth-order valence-electron chi connectivity index (χ4n) is 2.28. The molecule has 0 spiro atoms. The van der Waals surface area contributed by atoms with Crippen molar-refractivity contribution in [1.82, 2.24) is 9.79 Å². The Morgan fingerprint density at radius 1 is 1.25 bits per heavy atom. The van der Waals surface area contributed by atoms with Crippen LogP contribution in [0.15, 0.2) is 35.2 Å². The average Bonchev–Trinajstić information content (AvgIpc) is 2.48. The largest absolute Gasteiger partial charge is 0.277 e. The number of piperidine rings is 1. The zero-order chi connectivity index (χ0) is 14.6. The van der Waals surface area contributed by atoms with Crippen molar-refractivity contribution in [2.24, 2.45) is 5.92 Å².